The number of ether oxygens (including phenoxy) is 1. The number of hydrogen-bond donors (Lipinski definition) is 0. The Morgan fingerprint density at radius 2 is 1.92 bits per heavy atom. The summed E-state index contributed by atoms with van der Waals surface area (Å²) in [5, 5.41) is 2.02. The van der Waals surface area contributed by atoms with Crippen molar-refractivity contribution in [1.82, 2.24) is 14.9 Å². The van der Waals surface area contributed by atoms with Gasteiger partial charge in [-0.3, -0.25) is 4.79 Å². The summed E-state index contributed by atoms with van der Waals surface area (Å²) in [4.78, 5) is 25.9. The van der Waals surface area contributed by atoms with Crippen molar-refractivity contribution in [2.24, 2.45) is 0 Å². The molecular formula is C17H23N3O2S2. The Labute approximate surface area is 150 Å². The highest BCUT2D eigenvalue weighted by Crippen LogP contribution is 2.35. The van der Waals surface area contributed by atoms with E-state index in [0.29, 0.717) is 18.8 Å². The summed E-state index contributed by atoms with van der Waals surface area (Å²) in [5.41, 5.74) is 1.22. The zero-order chi connectivity index (χ0) is 17.4. The molecule has 0 aliphatic carbocycles. The predicted molar refractivity (Wildman–Crippen MR) is 98.9 cm³/mol. The van der Waals surface area contributed by atoms with Gasteiger partial charge in [0.1, 0.15) is 15.7 Å². The highest BCUT2D eigenvalue weighted by Gasteiger charge is 2.26. The van der Waals surface area contributed by atoms with Crippen LogP contribution in [0.5, 0.6) is 0 Å². The van der Waals surface area contributed by atoms with Gasteiger partial charge in [-0.15, -0.1) is 11.3 Å². The van der Waals surface area contributed by atoms with Crippen LogP contribution in [-0.2, 0) is 9.53 Å². The minimum Gasteiger partial charge on any atom is -0.372 e. The number of aromatic nitrogens is 2. The molecule has 24 heavy (non-hydrogen) atoms. The number of fused-ring (bicyclic) bond motifs is 1. The second kappa shape index (κ2) is 6.98. The third-order valence-electron chi connectivity index (χ3n) is 4.21. The normalized spacial score (nSPS) is 21.5. The number of nitrogens with zero attached hydrogens (tertiary/aromatic N) is 3. The monoisotopic (exact) mass is 365 g/mol. The van der Waals surface area contributed by atoms with E-state index in [1.807, 2.05) is 25.7 Å². The molecule has 0 radical (unpaired) electrons. The fraction of sp³-hybridized carbons (Fsp3) is 0.588. The Bertz CT molecular complexity index is 765. The molecule has 1 aliphatic heterocycles. The van der Waals surface area contributed by atoms with E-state index in [9.17, 15) is 4.79 Å². The maximum Gasteiger partial charge on any atom is 0.233 e. The first-order valence-corrected chi connectivity index (χ1v) is 9.95. The summed E-state index contributed by atoms with van der Waals surface area (Å²) in [6.07, 6.45) is 0.190. The molecule has 1 saturated heterocycles. The van der Waals surface area contributed by atoms with Crippen LogP contribution in [-0.4, -0.2) is 51.8 Å². The quantitative estimate of drug-likeness (QED) is 0.617. The van der Waals surface area contributed by atoms with Crippen LogP contribution in [0.3, 0.4) is 0 Å². The van der Waals surface area contributed by atoms with E-state index in [1.165, 1.54) is 22.2 Å². The van der Waals surface area contributed by atoms with Crippen LogP contribution in [0.2, 0.25) is 0 Å². The lowest BCUT2D eigenvalue weighted by Crippen LogP contribution is -2.48. The molecule has 3 rings (SSSR count). The minimum atomic E-state index is 0.0949. The van der Waals surface area contributed by atoms with Crippen molar-refractivity contribution in [2.75, 3.05) is 18.8 Å². The van der Waals surface area contributed by atoms with Crippen LogP contribution in [0.1, 0.15) is 30.1 Å². The van der Waals surface area contributed by atoms with E-state index in [0.717, 1.165) is 21.1 Å². The Balaban J connectivity index is 1.77. The molecule has 2 aromatic rings. The topological polar surface area (TPSA) is 55.3 Å². The molecule has 0 unspecified atom stereocenters. The van der Waals surface area contributed by atoms with Crippen LogP contribution in [0.4, 0.5) is 0 Å². The van der Waals surface area contributed by atoms with Crippen molar-refractivity contribution in [3.8, 4) is 0 Å². The second-order valence-corrected chi connectivity index (χ2v) is 8.55. The standard InChI is InChI=1S/C17H23N3O2S2/c1-9-6-20(7-10(2)22-9)14(21)8-23-16-15-11(3)12(4)24-17(15)19-13(5)18-16/h9-10H,6-8H2,1-5H3/t9-,10-/m1/s1. The van der Waals surface area contributed by atoms with E-state index >= 15 is 0 Å². The number of aryl methyl sites for hydroxylation is 3. The molecule has 2 atom stereocenters. The second-order valence-electron chi connectivity index (χ2n) is 6.38. The van der Waals surface area contributed by atoms with Gasteiger partial charge in [0.2, 0.25) is 5.91 Å². The molecule has 5 nitrogen and oxygen atoms in total. The number of thiophene rings is 1. The Morgan fingerprint density at radius 1 is 1.25 bits per heavy atom. The average molecular weight is 366 g/mol. The van der Waals surface area contributed by atoms with Gasteiger partial charge >= 0.3 is 0 Å². The fourth-order valence-electron chi connectivity index (χ4n) is 3.02. The molecule has 1 fully saturated rings. The summed E-state index contributed by atoms with van der Waals surface area (Å²) in [6.45, 7) is 11.5. The van der Waals surface area contributed by atoms with E-state index < -0.39 is 0 Å². The van der Waals surface area contributed by atoms with Crippen molar-refractivity contribution in [3.05, 3.63) is 16.3 Å². The molecule has 0 spiro atoms. The maximum atomic E-state index is 12.6. The minimum absolute atomic E-state index is 0.0949. The highest BCUT2D eigenvalue weighted by atomic mass is 32.2. The van der Waals surface area contributed by atoms with Gasteiger partial charge < -0.3 is 9.64 Å². The van der Waals surface area contributed by atoms with Gasteiger partial charge in [-0.2, -0.15) is 0 Å². The summed E-state index contributed by atoms with van der Waals surface area (Å²) in [7, 11) is 0. The molecule has 7 heteroatoms. The van der Waals surface area contributed by atoms with E-state index in [-0.39, 0.29) is 18.1 Å². The number of rotatable bonds is 3. The molecule has 0 bridgehead atoms. The smallest absolute Gasteiger partial charge is 0.233 e. The molecule has 1 aliphatic rings. The molecule has 1 amide bonds. The SMILES string of the molecule is Cc1nc(SCC(=O)N2C[C@@H](C)O[C@H](C)C2)c2c(C)c(C)sc2n1. The zero-order valence-corrected chi connectivity index (χ0v) is 16.4. The van der Waals surface area contributed by atoms with Gasteiger partial charge in [0.05, 0.1) is 18.0 Å². The molecule has 3 heterocycles. The van der Waals surface area contributed by atoms with Crippen molar-refractivity contribution in [1.29, 1.82) is 0 Å². The fourth-order valence-corrected chi connectivity index (χ4v) is 5.19. The molecule has 0 saturated carbocycles. The lowest BCUT2D eigenvalue weighted by Gasteiger charge is -2.35. The molecule has 0 aromatic carbocycles. The van der Waals surface area contributed by atoms with Gasteiger partial charge in [-0.1, -0.05) is 11.8 Å². The third kappa shape index (κ3) is 3.58. The number of amides is 1. The Morgan fingerprint density at radius 3 is 2.58 bits per heavy atom. The zero-order valence-electron chi connectivity index (χ0n) is 14.8. The first kappa shape index (κ1) is 17.6. The Kier molecular flexibility index (Phi) is 5.13. The molecular weight excluding hydrogens is 342 g/mol. The molecule has 130 valence electrons. The van der Waals surface area contributed by atoms with Crippen molar-refractivity contribution >= 4 is 39.2 Å². The largest absolute Gasteiger partial charge is 0.372 e. The number of carbonyl (C=O) groups is 1. The number of hydrogen-bond acceptors (Lipinski definition) is 6. The first-order chi connectivity index (χ1) is 11.3. The molecule has 0 N–H and O–H groups in total. The van der Waals surface area contributed by atoms with Crippen molar-refractivity contribution in [2.45, 2.75) is 51.9 Å². The van der Waals surface area contributed by atoms with Crippen LogP contribution in [0, 0.1) is 20.8 Å². The van der Waals surface area contributed by atoms with Gasteiger partial charge in [0.25, 0.3) is 0 Å². The Hall–Kier alpha value is -1.18. The number of morpholine rings is 1. The lowest BCUT2D eigenvalue weighted by atomic mass is 10.2. The molecule has 2 aromatic heterocycles. The van der Waals surface area contributed by atoms with Crippen LogP contribution >= 0.6 is 23.1 Å². The lowest BCUT2D eigenvalue weighted by molar-refractivity contribution is -0.140. The summed E-state index contributed by atoms with van der Waals surface area (Å²) in [5.74, 6) is 1.31. The van der Waals surface area contributed by atoms with E-state index in [4.69, 9.17) is 4.74 Å². The van der Waals surface area contributed by atoms with Gasteiger partial charge in [0.15, 0.2) is 0 Å². The van der Waals surface area contributed by atoms with Crippen LogP contribution < -0.4 is 0 Å². The van der Waals surface area contributed by atoms with Crippen LogP contribution in [0.25, 0.3) is 10.2 Å². The third-order valence-corrected chi connectivity index (χ3v) is 6.27. The summed E-state index contributed by atoms with van der Waals surface area (Å²) < 4.78 is 5.70. The predicted octanol–water partition coefficient (Wildman–Crippen LogP) is 3.34. The van der Waals surface area contributed by atoms with E-state index in [1.54, 1.807) is 11.3 Å². The first-order valence-electron chi connectivity index (χ1n) is 8.15. The van der Waals surface area contributed by atoms with Crippen molar-refractivity contribution in [3.63, 3.8) is 0 Å². The van der Waals surface area contributed by atoms with Gasteiger partial charge in [0, 0.05) is 23.4 Å². The summed E-state index contributed by atoms with van der Waals surface area (Å²) in [6, 6.07) is 0. The highest BCUT2D eigenvalue weighted by molar-refractivity contribution is 8.00. The number of carbonyl (C=O) groups excluding carboxylic acids is 1. The summed E-state index contributed by atoms with van der Waals surface area (Å²) >= 11 is 3.21. The van der Waals surface area contributed by atoms with Gasteiger partial charge in [-0.25, -0.2) is 9.97 Å². The average Bonchev–Trinajstić information content (AvgIpc) is 2.78. The van der Waals surface area contributed by atoms with Crippen LogP contribution in [0.15, 0.2) is 5.03 Å². The van der Waals surface area contributed by atoms with E-state index in [2.05, 4.69) is 23.8 Å². The maximum absolute atomic E-state index is 12.6. The van der Waals surface area contributed by atoms with Crippen molar-refractivity contribution < 1.29 is 9.53 Å². The number of thioether (sulfide) groups is 1. The van der Waals surface area contributed by atoms with Gasteiger partial charge in [-0.05, 0) is 40.2 Å².